The minimum absolute atomic E-state index is 0.182. The van der Waals surface area contributed by atoms with Crippen LogP contribution in [0.15, 0.2) is 18.2 Å². The Kier molecular flexibility index (Phi) is 4.00. The van der Waals surface area contributed by atoms with Crippen LogP contribution < -0.4 is 15.4 Å². The average Bonchev–Trinajstić information content (AvgIpc) is 2.75. The van der Waals surface area contributed by atoms with Crippen molar-refractivity contribution in [2.75, 3.05) is 23.7 Å². The molecule has 100 valence electrons. The van der Waals surface area contributed by atoms with Gasteiger partial charge in [-0.15, -0.1) is 0 Å². The first-order valence-corrected chi connectivity index (χ1v) is 6.90. The number of hydrogen-bond donors (Lipinski definition) is 1. The Morgan fingerprint density at radius 2 is 2.17 bits per heavy atom. The van der Waals surface area contributed by atoms with E-state index in [-0.39, 0.29) is 6.10 Å². The molecule has 0 amide bonds. The van der Waals surface area contributed by atoms with Crippen molar-refractivity contribution in [3.63, 3.8) is 0 Å². The number of rotatable bonds is 4. The molecule has 0 spiro atoms. The number of nitrogens with zero attached hydrogens (tertiary/aromatic N) is 1. The molecular weight excluding hydrogens is 224 g/mol. The topological polar surface area (TPSA) is 38.5 Å². The molecule has 1 unspecified atom stereocenters. The lowest BCUT2D eigenvalue weighted by Gasteiger charge is -2.21. The first-order valence-electron chi connectivity index (χ1n) is 6.90. The highest BCUT2D eigenvalue weighted by Gasteiger charge is 2.21. The zero-order chi connectivity index (χ0) is 13.1. The molecule has 1 atom stereocenters. The van der Waals surface area contributed by atoms with Gasteiger partial charge in [0.15, 0.2) is 0 Å². The smallest absolute Gasteiger partial charge is 0.123 e. The molecule has 0 aromatic heterocycles. The predicted molar refractivity (Wildman–Crippen MR) is 77.2 cm³/mol. The molecule has 1 aromatic carbocycles. The van der Waals surface area contributed by atoms with Gasteiger partial charge in [-0.05, 0) is 32.3 Å². The number of benzene rings is 1. The molecule has 1 aromatic rings. The summed E-state index contributed by atoms with van der Waals surface area (Å²) in [5, 5.41) is 0. The van der Waals surface area contributed by atoms with Crippen LogP contribution >= 0.6 is 0 Å². The van der Waals surface area contributed by atoms with Crippen molar-refractivity contribution in [2.45, 2.75) is 39.7 Å². The SMILES string of the molecule is CCC1CCN(c2cc(N)cc(OC(C)C)c2)C1. The number of ether oxygens (including phenoxy) is 1. The molecule has 1 aliphatic heterocycles. The summed E-state index contributed by atoms with van der Waals surface area (Å²) >= 11 is 0. The Balaban J connectivity index is 2.15. The van der Waals surface area contributed by atoms with Crippen molar-refractivity contribution in [3.8, 4) is 5.75 Å². The van der Waals surface area contributed by atoms with Crippen molar-refractivity contribution in [2.24, 2.45) is 5.92 Å². The molecule has 0 bridgehead atoms. The van der Waals surface area contributed by atoms with E-state index in [1.807, 2.05) is 26.0 Å². The van der Waals surface area contributed by atoms with E-state index < -0.39 is 0 Å². The van der Waals surface area contributed by atoms with Gasteiger partial charge in [-0.25, -0.2) is 0 Å². The summed E-state index contributed by atoms with van der Waals surface area (Å²) < 4.78 is 5.74. The van der Waals surface area contributed by atoms with Crippen LogP contribution in [0.4, 0.5) is 11.4 Å². The highest BCUT2D eigenvalue weighted by molar-refractivity contribution is 5.61. The van der Waals surface area contributed by atoms with E-state index in [9.17, 15) is 0 Å². The Morgan fingerprint density at radius 1 is 1.39 bits per heavy atom. The van der Waals surface area contributed by atoms with Gasteiger partial charge < -0.3 is 15.4 Å². The van der Waals surface area contributed by atoms with Crippen molar-refractivity contribution >= 4 is 11.4 Å². The maximum atomic E-state index is 5.96. The Hall–Kier alpha value is -1.38. The summed E-state index contributed by atoms with van der Waals surface area (Å²) in [6, 6.07) is 6.05. The van der Waals surface area contributed by atoms with E-state index in [4.69, 9.17) is 10.5 Å². The fraction of sp³-hybridized carbons (Fsp3) is 0.600. The second kappa shape index (κ2) is 5.51. The molecule has 3 heteroatoms. The van der Waals surface area contributed by atoms with Gasteiger partial charge in [0, 0.05) is 36.6 Å². The fourth-order valence-corrected chi connectivity index (χ4v) is 2.53. The molecule has 2 rings (SSSR count). The molecule has 0 aliphatic carbocycles. The van der Waals surface area contributed by atoms with Gasteiger partial charge in [0.25, 0.3) is 0 Å². The normalized spacial score (nSPS) is 19.6. The fourth-order valence-electron chi connectivity index (χ4n) is 2.53. The minimum atomic E-state index is 0.182. The van der Waals surface area contributed by atoms with Gasteiger partial charge in [0.1, 0.15) is 5.75 Å². The summed E-state index contributed by atoms with van der Waals surface area (Å²) in [5.41, 5.74) is 7.94. The van der Waals surface area contributed by atoms with Gasteiger partial charge in [0.05, 0.1) is 6.10 Å². The summed E-state index contributed by atoms with van der Waals surface area (Å²) in [4.78, 5) is 2.41. The molecule has 3 nitrogen and oxygen atoms in total. The van der Waals surface area contributed by atoms with E-state index >= 15 is 0 Å². The zero-order valence-electron chi connectivity index (χ0n) is 11.6. The van der Waals surface area contributed by atoms with Gasteiger partial charge in [0.2, 0.25) is 0 Å². The molecule has 1 fully saturated rings. The van der Waals surface area contributed by atoms with Crippen LogP contribution in [0.25, 0.3) is 0 Å². The molecule has 18 heavy (non-hydrogen) atoms. The summed E-state index contributed by atoms with van der Waals surface area (Å²) in [5.74, 6) is 1.70. The average molecular weight is 248 g/mol. The van der Waals surface area contributed by atoms with Crippen LogP contribution in [0.3, 0.4) is 0 Å². The maximum Gasteiger partial charge on any atom is 0.123 e. The standard InChI is InChI=1S/C15H24N2O/c1-4-12-5-6-17(10-12)14-7-13(16)8-15(9-14)18-11(2)3/h7-9,11-12H,4-6,10,16H2,1-3H3. The second-order valence-corrected chi connectivity index (χ2v) is 5.44. The van der Waals surface area contributed by atoms with Crippen molar-refractivity contribution in [3.05, 3.63) is 18.2 Å². The van der Waals surface area contributed by atoms with Crippen molar-refractivity contribution < 1.29 is 4.74 Å². The molecule has 0 radical (unpaired) electrons. The van der Waals surface area contributed by atoms with Gasteiger partial charge >= 0.3 is 0 Å². The lowest BCUT2D eigenvalue weighted by molar-refractivity contribution is 0.242. The van der Waals surface area contributed by atoms with E-state index in [1.54, 1.807) is 0 Å². The first-order chi connectivity index (χ1) is 8.58. The predicted octanol–water partition coefficient (Wildman–Crippen LogP) is 3.29. The number of nitrogens with two attached hydrogens (primary N) is 1. The molecular formula is C15H24N2O. The van der Waals surface area contributed by atoms with Gasteiger partial charge in [-0.1, -0.05) is 13.3 Å². The molecule has 0 saturated carbocycles. The Bertz CT molecular complexity index is 403. The van der Waals surface area contributed by atoms with E-state index in [2.05, 4.69) is 17.9 Å². The first kappa shape index (κ1) is 13.1. The summed E-state index contributed by atoms with van der Waals surface area (Å²) in [7, 11) is 0. The minimum Gasteiger partial charge on any atom is -0.491 e. The monoisotopic (exact) mass is 248 g/mol. The molecule has 1 aliphatic rings. The van der Waals surface area contributed by atoms with Crippen molar-refractivity contribution in [1.82, 2.24) is 0 Å². The van der Waals surface area contributed by atoms with Crippen LogP contribution in [0.5, 0.6) is 5.75 Å². The van der Waals surface area contributed by atoms with Crippen molar-refractivity contribution in [1.29, 1.82) is 0 Å². The maximum absolute atomic E-state index is 5.96. The third-order valence-electron chi connectivity index (χ3n) is 3.51. The zero-order valence-corrected chi connectivity index (χ0v) is 11.6. The molecule has 2 N–H and O–H groups in total. The molecule has 1 saturated heterocycles. The van der Waals surface area contributed by atoms with E-state index in [0.29, 0.717) is 0 Å². The highest BCUT2D eigenvalue weighted by Crippen LogP contribution is 2.30. The van der Waals surface area contributed by atoms with Gasteiger partial charge in [-0.2, -0.15) is 0 Å². The lowest BCUT2D eigenvalue weighted by atomic mass is 10.1. The third-order valence-corrected chi connectivity index (χ3v) is 3.51. The Morgan fingerprint density at radius 3 is 2.78 bits per heavy atom. The van der Waals surface area contributed by atoms with Crippen LogP contribution in [0.2, 0.25) is 0 Å². The van der Waals surface area contributed by atoms with Crippen LogP contribution in [-0.4, -0.2) is 19.2 Å². The van der Waals surface area contributed by atoms with Crippen LogP contribution in [-0.2, 0) is 0 Å². The number of hydrogen-bond acceptors (Lipinski definition) is 3. The lowest BCUT2D eigenvalue weighted by Crippen LogP contribution is -2.19. The largest absolute Gasteiger partial charge is 0.491 e. The van der Waals surface area contributed by atoms with Gasteiger partial charge in [-0.3, -0.25) is 0 Å². The number of anilines is 2. The van der Waals surface area contributed by atoms with Crippen LogP contribution in [0, 0.1) is 5.92 Å². The quantitative estimate of drug-likeness (QED) is 0.831. The highest BCUT2D eigenvalue weighted by atomic mass is 16.5. The Labute approximate surface area is 110 Å². The van der Waals surface area contributed by atoms with E-state index in [0.717, 1.165) is 30.4 Å². The van der Waals surface area contributed by atoms with E-state index in [1.165, 1.54) is 18.5 Å². The summed E-state index contributed by atoms with van der Waals surface area (Å²) in [6.45, 7) is 8.60. The summed E-state index contributed by atoms with van der Waals surface area (Å²) in [6.07, 6.45) is 2.72. The second-order valence-electron chi connectivity index (χ2n) is 5.44. The third kappa shape index (κ3) is 3.09. The van der Waals surface area contributed by atoms with Crippen LogP contribution in [0.1, 0.15) is 33.6 Å². The number of nitrogen functional groups attached to an aromatic ring is 1. The molecule has 1 heterocycles.